The van der Waals surface area contributed by atoms with Gasteiger partial charge in [-0.25, -0.2) is 19.3 Å². The van der Waals surface area contributed by atoms with Crippen LogP contribution in [0.5, 0.6) is 0 Å². The Labute approximate surface area is 206 Å². The quantitative estimate of drug-likeness (QED) is 0.451. The summed E-state index contributed by atoms with van der Waals surface area (Å²) in [6.07, 6.45) is 10.5. The van der Waals surface area contributed by atoms with Crippen LogP contribution in [0, 0.1) is 30.1 Å². The Kier molecular flexibility index (Phi) is 4.41. The number of rotatable bonds is 4. The van der Waals surface area contributed by atoms with E-state index in [1.807, 2.05) is 23.8 Å². The third-order valence-electron chi connectivity index (χ3n) is 9.16. The van der Waals surface area contributed by atoms with E-state index in [0.717, 1.165) is 55.4 Å². The predicted molar refractivity (Wildman–Crippen MR) is 133 cm³/mol. The van der Waals surface area contributed by atoms with Crippen LogP contribution < -0.4 is 16.7 Å². The van der Waals surface area contributed by atoms with Crippen molar-refractivity contribution in [2.24, 2.45) is 36.0 Å². The second-order valence-corrected chi connectivity index (χ2v) is 11.1. The first-order valence-electron chi connectivity index (χ1n) is 12.6. The van der Waals surface area contributed by atoms with Crippen LogP contribution in [0.25, 0.3) is 16.8 Å². The van der Waals surface area contributed by atoms with Gasteiger partial charge in [-0.05, 0) is 74.8 Å². The molecule has 5 atom stereocenters. The van der Waals surface area contributed by atoms with Crippen molar-refractivity contribution in [2.45, 2.75) is 51.5 Å². The average Bonchev–Trinajstić information content (AvgIpc) is 3.39. The smallest absolute Gasteiger partial charge is 0.330 e. The number of hydrogen-bond acceptors (Lipinski definition) is 7. The second-order valence-electron chi connectivity index (χ2n) is 11.1. The minimum atomic E-state index is -0.346. The molecule has 3 fully saturated rings. The first-order valence-corrected chi connectivity index (χ1v) is 12.6. The van der Waals surface area contributed by atoms with Crippen molar-refractivity contribution >= 4 is 34.4 Å². The van der Waals surface area contributed by atoms with Crippen LogP contribution in [0.1, 0.15) is 50.1 Å². The molecule has 4 aromatic rings. The van der Waals surface area contributed by atoms with Crippen LogP contribution in [0.15, 0.2) is 29.6 Å². The summed E-state index contributed by atoms with van der Waals surface area (Å²) in [5.41, 5.74) is 9.40. The molecular formula is C25H29N9O2. The Bertz CT molecular complexity index is 1600. The number of anilines is 2. The maximum atomic E-state index is 13.5. The largest absolute Gasteiger partial charge is 0.369 e. The van der Waals surface area contributed by atoms with Gasteiger partial charge in [0.1, 0.15) is 11.8 Å². The van der Waals surface area contributed by atoms with E-state index in [9.17, 15) is 9.59 Å². The summed E-state index contributed by atoms with van der Waals surface area (Å²) >= 11 is 0. The van der Waals surface area contributed by atoms with Gasteiger partial charge in [-0.2, -0.15) is 10.1 Å². The van der Waals surface area contributed by atoms with Crippen LogP contribution in [-0.2, 0) is 11.8 Å². The van der Waals surface area contributed by atoms with Gasteiger partial charge in [-0.1, -0.05) is 0 Å². The highest BCUT2D eigenvalue weighted by Gasteiger charge is 2.55. The lowest BCUT2D eigenvalue weighted by molar-refractivity contribution is -0.141. The Hall–Kier alpha value is -3.76. The fourth-order valence-electron chi connectivity index (χ4n) is 7.47. The number of aromatic nitrogens is 7. The number of nitrogens with two attached hydrogens (primary N) is 1. The number of carbonyl (C=O) groups is 1. The SMILES string of the molecule is Cc1cc2ncnn2cc1Nc1ncc2c(n1)n(C1CC3CC4CC(C(N)=O)(CCC41)C3)c(=O)n2C. The lowest BCUT2D eigenvalue weighted by atomic mass is 9.50. The van der Waals surface area contributed by atoms with E-state index in [0.29, 0.717) is 34.9 Å². The molecule has 0 saturated heterocycles. The van der Waals surface area contributed by atoms with Gasteiger partial charge in [0.05, 0.1) is 18.1 Å². The summed E-state index contributed by atoms with van der Waals surface area (Å²) in [5.74, 6) is 1.45. The summed E-state index contributed by atoms with van der Waals surface area (Å²) < 4.78 is 5.25. The normalized spacial score (nSPS) is 29.2. The van der Waals surface area contributed by atoms with Gasteiger partial charge in [0, 0.05) is 18.5 Å². The lowest BCUT2D eigenvalue weighted by Gasteiger charge is -2.56. The first kappa shape index (κ1) is 21.5. The number of primary amides is 1. The minimum Gasteiger partial charge on any atom is -0.369 e. The average molecular weight is 488 g/mol. The molecule has 3 saturated carbocycles. The molecule has 5 unspecified atom stereocenters. The molecule has 36 heavy (non-hydrogen) atoms. The van der Waals surface area contributed by atoms with Crippen LogP contribution in [0.3, 0.4) is 0 Å². The molecular weight excluding hydrogens is 458 g/mol. The predicted octanol–water partition coefficient (Wildman–Crippen LogP) is 2.47. The summed E-state index contributed by atoms with van der Waals surface area (Å²) in [6, 6.07) is 2.01. The highest BCUT2D eigenvalue weighted by Crippen LogP contribution is 2.60. The first-order chi connectivity index (χ1) is 17.3. The van der Waals surface area contributed by atoms with Gasteiger partial charge in [0.25, 0.3) is 0 Å². The standard InChI is InChI=1S/C25H29N9O2/c1-13-5-20-28-12-29-33(20)11-17(13)30-23-27-10-19-21(31-23)34(24(36)32(19)2)18-7-14-6-15-9-25(8-14,22(26)35)4-3-16(15)18/h5,10-12,14-16,18H,3-4,6-9H2,1-2H3,(H2,26,35)(H,27,30,31). The number of carbonyl (C=O) groups excluding carboxylic acids is 1. The van der Waals surface area contributed by atoms with E-state index in [4.69, 9.17) is 10.7 Å². The summed E-state index contributed by atoms with van der Waals surface area (Å²) in [5, 5.41) is 7.52. The van der Waals surface area contributed by atoms with Crippen molar-refractivity contribution in [3.8, 4) is 0 Å². The monoisotopic (exact) mass is 487 g/mol. The molecule has 0 aromatic carbocycles. The molecule has 3 N–H and O–H groups in total. The number of hydrogen-bond donors (Lipinski definition) is 2. The number of nitrogens with zero attached hydrogens (tertiary/aromatic N) is 7. The van der Waals surface area contributed by atoms with E-state index < -0.39 is 0 Å². The number of imidazole rings is 1. The molecule has 4 aromatic heterocycles. The van der Waals surface area contributed by atoms with Crippen molar-refractivity contribution in [3.05, 3.63) is 40.8 Å². The molecule has 0 aliphatic heterocycles. The van der Waals surface area contributed by atoms with Gasteiger partial charge in [-0.3, -0.25) is 13.9 Å². The number of fused-ring (bicyclic) bond motifs is 4. The zero-order valence-electron chi connectivity index (χ0n) is 20.4. The number of nitrogens with one attached hydrogen (secondary N) is 1. The highest BCUT2D eigenvalue weighted by molar-refractivity contribution is 5.81. The summed E-state index contributed by atoms with van der Waals surface area (Å²) in [4.78, 5) is 39.5. The molecule has 3 aliphatic carbocycles. The maximum Gasteiger partial charge on any atom is 0.330 e. The Morgan fingerprint density at radius 1 is 1.25 bits per heavy atom. The van der Waals surface area contributed by atoms with Crippen LogP contribution in [0.2, 0.25) is 0 Å². The van der Waals surface area contributed by atoms with E-state index >= 15 is 0 Å². The van der Waals surface area contributed by atoms with Gasteiger partial charge in [0.15, 0.2) is 11.3 Å². The lowest BCUT2D eigenvalue weighted by Crippen LogP contribution is -2.53. The van der Waals surface area contributed by atoms with E-state index in [2.05, 4.69) is 20.4 Å². The topological polar surface area (TPSA) is 138 Å². The molecule has 4 heterocycles. The second kappa shape index (κ2) is 7.37. The van der Waals surface area contributed by atoms with Crippen molar-refractivity contribution in [1.29, 1.82) is 0 Å². The molecule has 3 aliphatic rings. The Balaban J connectivity index is 1.29. The molecule has 0 radical (unpaired) electrons. The van der Waals surface area contributed by atoms with E-state index in [1.54, 1.807) is 22.3 Å². The van der Waals surface area contributed by atoms with E-state index in [1.165, 1.54) is 6.33 Å². The van der Waals surface area contributed by atoms with Gasteiger partial charge >= 0.3 is 5.69 Å². The molecule has 11 nitrogen and oxygen atoms in total. The van der Waals surface area contributed by atoms with Gasteiger partial charge < -0.3 is 11.1 Å². The summed E-state index contributed by atoms with van der Waals surface area (Å²) in [7, 11) is 1.78. The number of aryl methyl sites for hydroxylation is 2. The molecule has 11 heteroatoms. The number of amides is 1. The van der Waals surface area contributed by atoms with Crippen molar-refractivity contribution in [3.63, 3.8) is 0 Å². The fourth-order valence-corrected chi connectivity index (χ4v) is 7.47. The van der Waals surface area contributed by atoms with E-state index in [-0.39, 0.29) is 23.1 Å². The third-order valence-corrected chi connectivity index (χ3v) is 9.16. The molecule has 7 rings (SSSR count). The number of pyridine rings is 1. The third kappa shape index (κ3) is 2.97. The van der Waals surface area contributed by atoms with Crippen molar-refractivity contribution < 1.29 is 4.79 Å². The fraction of sp³-hybridized carbons (Fsp3) is 0.520. The van der Waals surface area contributed by atoms with Crippen molar-refractivity contribution in [1.82, 2.24) is 33.7 Å². The van der Waals surface area contributed by atoms with Gasteiger partial charge in [0.2, 0.25) is 11.9 Å². The Morgan fingerprint density at radius 2 is 2.11 bits per heavy atom. The summed E-state index contributed by atoms with van der Waals surface area (Å²) in [6.45, 7) is 1.99. The highest BCUT2D eigenvalue weighted by atomic mass is 16.2. The molecule has 3 bridgehead atoms. The molecule has 186 valence electrons. The zero-order chi connectivity index (χ0) is 24.8. The zero-order valence-corrected chi connectivity index (χ0v) is 20.4. The van der Waals surface area contributed by atoms with Crippen LogP contribution in [0.4, 0.5) is 11.6 Å². The van der Waals surface area contributed by atoms with Crippen molar-refractivity contribution in [2.75, 3.05) is 5.32 Å². The van der Waals surface area contributed by atoms with Crippen LogP contribution >= 0.6 is 0 Å². The Morgan fingerprint density at radius 3 is 2.94 bits per heavy atom. The maximum absolute atomic E-state index is 13.5. The molecule has 1 amide bonds. The molecule has 0 spiro atoms. The van der Waals surface area contributed by atoms with Gasteiger partial charge in [-0.15, -0.1) is 0 Å². The minimum absolute atomic E-state index is 0.0617. The van der Waals surface area contributed by atoms with Crippen LogP contribution in [-0.4, -0.2) is 39.6 Å².